The standard InChI is InChI=1S/C14H15FN4O3/c1-8-3-4-10(5-11(8)15)9(2)16-13(20)7-19-6-12(14(21)22)17-18-19/h3-6,9H,7H2,1-2H3,(H,16,20)(H,21,22). The molecule has 7 nitrogen and oxygen atoms in total. The highest BCUT2D eigenvalue weighted by atomic mass is 19.1. The zero-order valence-corrected chi connectivity index (χ0v) is 12.1. The molecule has 22 heavy (non-hydrogen) atoms. The quantitative estimate of drug-likeness (QED) is 0.868. The fraction of sp³-hybridized carbons (Fsp3) is 0.286. The van der Waals surface area contributed by atoms with E-state index < -0.39 is 5.97 Å². The van der Waals surface area contributed by atoms with Gasteiger partial charge in [-0.2, -0.15) is 0 Å². The Morgan fingerprint density at radius 2 is 2.18 bits per heavy atom. The minimum absolute atomic E-state index is 0.168. The first kappa shape index (κ1) is 15.6. The molecule has 2 N–H and O–H groups in total. The van der Waals surface area contributed by atoms with Crippen LogP contribution in [0.4, 0.5) is 4.39 Å². The Hall–Kier alpha value is -2.77. The van der Waals surface area contributed by atoms with Crippen LogP contribution in [0.25, 0.3) is 0 Å². The van der Waals surface area contributed by atoms with Crippen molar-refractivity contribution in [1.29, 1.82) is 0 Å². The Balaban J connectivity index is 1.98. The van der Waals surface area contributed by atoms with Crippen molar-refractivity contribution in [2.45, 2.75) is 26.4 Å². The number of nitrogens with one attached hydrogen (secondary N) is 1. The summed E-state index contributed by atoms with van der Waals surface area (Å²) in [7, 11) is 0. The first-order valence-corrected chi connectivity index (χ1v) is 6.55. The summed E-state index contributed by atoms with van der Waals surface area (Å²) in [6.45, 7) is 3.22. The van der Waals surface area contributed by atoms with Gasteiger partial charge in [0.15, 0.2) is 5.69 Å². The molecule has 0 aliphatic heterocycles. The van der Waals surface area contributed by atoms with E-state index in [4.69, 9.17) is 5.11 Å². The van der Waals surface area contributed by atoms with Gasteiger partial charge in [-0.05, 0) is 31.0 Å². The minimum Gasteiger partial charge on any atom is -0.476 e. The Bertz CT molecular complexity index is 714. The number of rotatable bonds is 5. The number of benzene rings is 1. The summed E-state index contributed by atoms with van der Waals surface area (Å²) in [5, 5.41) is 18.4. The number of hydrogen-bond donors (Lipinski definition) is 2. The van der Waals surface area contributed by atoms with Crippen LogP contribution in [0.2, 0.25) is 0 Å². The maximum atomic E-state index is 13.5. The summed E-state index contributed by atoms with van der Waals surface area (Å²) in [6, 6.07) is 4.37. The van der Waals surface area contributed by atoms with E-state index in [1.54, 1.807) is 26.0 Å². The van der Waals surface area contributed by atoms with Crippen LogP contribution in [0.1, 0.15) is 34.6 Å². The van der Waals surface area contributed by atoms with Crippen molar-refractivity contribution in [3.05, 3.63) is 47.0 Å². The van der Waals surface area contributed by atoms with Crippen LogP contribution in [-0.4, -0.2) is 32.0 Å². The zero-order chi connectivity index (χ0) is 16.3. The molecule has 0 aliphatic rings. The van der Waals surface area contributed by atoms with Crippen LogP contribution in [0.5, 0.6) is 0 Å². The number of halogens is 1. The summed E-state index contributed by atoms with van der Waals surface area (Å²) in [6.07, 6.45) is 1.16. The number of hydrogen-bond acceptors (Lipinski definition) is 4. The number of aryl methyl sites for hydroxylation is 1. The molecular formula is C14H15FN4O3. The van der Waals surface area contributed by atoms with Gasteiger partial charge in [-0.15, -0.1) is 5.10 Å². The van der Waals surface area contributed by atoms with Gasteiger partial charge in [-0.3, -0.25) is 4.79 Å². The van der Waals surface area contributed by atoms with Gasteiger partial charge in [-0.1, -0.05) is 17.3 Å². The van der Waals surface area contributed by atoms with E-state index in [9.17, 15) is 14.0 Å². The van der Waals surface area contributed by atoms with E-state index in [0.29, 0.717) is 11.1 Å². The summed E-state index contributed by atoms with van der Waals surface area (Å²) in [5.41, 5.74) is 0.939. The average Bonchev–Trinajstić information content (AvgIpc) is 2.90. The monoisotopic (exact) mass is 306 g/mol. The molecule has 2 rings (SSSR count). The number of carboxylic acids is 1. The molecule has 8 heteroatoms. The minimum atomic E-state index is -1.21. The second-order valence-electron chi connectivity index (χ2n) is 4.90. The highest BCUT2D eigenvalue weighted by Crippen LogP contribution is 2.16. The maximum absolute atomic E-state index is 13.5. The molecule has 0 fully saturated rings. The summed E-state index contributed by atoms with van der Waals surface area (Å²) in [4.78, 5) is 22.6. The maximum Gasteiger partial charge on any atom is 0.358 e. The van der Waals surface area contributed by atoms with Crippen molar-refractivity contribution in [3.63, 3.8) is 0 Å². The van der Waals surface area contributed by atoms with Crippen LogP contribution in [0.3, 0.4) is 0 Å². The summed E-state index contributed by atoms with van der Waals surface area (Å²) >= 11 is 0. The molecule has 1 amide bonds. The van der Waals surface area contributed by atoms with Crippen molar-refractivity contribution < 1.29 is 19.1 Å². The third-order valence-corrected chi connectivity index (χ3v) is 3.14. The van der Waals surface area contributed by atoms with Crippen LogP contribution < -0.4 is 5.32 Å². The van der Waals surface area contributed by atoms with Crippen molar-refractivity contribution in [2.24, 2.45) is 0 Å². The molecule has 0 aliphatic carbocycles. The van der Waals surface area contributed by atoms with Crippen molar-refractivity contribution in [2.75, 3.05) is 0 Å². The normalized spacial score (nSPS) is 12.0. The number of nitrogens with zero attached hydrogens (tertiary/aromatic N) is 3. The van der Waals surface area contributed by atoms with E-state index >= 15 is 0 Å². The zero-order valence-electron chi connectivity index (χ0n) is 12.1. The summed E-state index contributed by atoms with van der Waals surface area (Å²) < 4.78 is 14.6. The molecule has 1 atom stereocenters. The molecule has 1 aromatic heterocycles. The molecule has 116 valence electrons. The van der Waals surface area contributed by atoms with E-state index in [1.807, 2.05) is 0 Å². The molecule has 2 aromatic rings. The smallest absolute Gasteiger partial charge is 0.358 e. The molecule has 0 bridgehead atoms. The molecule has 0 saturated carbocycles. The van der Waals surface area contributed by atoms with Crippen molar-refractivity contribution in [1.82, 2.24) is 20.3 Å². The van der Waals surface area contributed by atoms with E-state index in [-0.39, 0.29) is 30.0 Å². The third kappa shape index (κ3) is 3.66. The van der Waals surface area contributed by atoms with E-state index in [0.717, 1.165) is 10.9 Å². The lowest BCUT2D eigenvalue weighted by Gasteiger charge is -2.14. The number of amides is 1. The lowest BCUT2D eigenvalue weighted by molar-refractivity contribution is -0.122. The first-order valence-electron chi connectivity index (χ1n) is 6.55. The average molecular weight is 306 g/mol. The van der Waals surface area contributed by atoms with Gasteiger partial charge in [0.05, 0.1) is 12.2 Å². The predicted octanol–water partition coefficient (Wildman–Crippen LogP) is 1.30. The van der Waals surface area contributed by atoms with E-state index in [1.165, 1.54) is 6.07 Å². The van der Waals surface area contributed by atoms with Crippen LogP contribution in [-0.2, 0) is 11.3 Å². The number of aromatic carboxylic acids is 1. The second-order valence-corrected chi connectivity index (χ2v) is 4.90. The Kier molecular flexibility index (Phi) is 4.50. The highest BCUT2D eigenvalue weighted by Gasteiger charge is 2.14. The second kappa shape index (κ2) is 6.33. The van der Waals surface area contributed by atoms with Gasteiger partial charge in [0, 0.05) is 0 Å². The van der Waals surface area contributed by atoms with Gasteiger partial charge in [0.2, 0.25) is 5.91 Å². The molecule has 1 unspecified atom stereocenters. The number of aromatic nitrogens is 3. The van der Waals surface area contributed by atoms with Gasteiger partial charge in [0.1, 0.15) is 12.4 Å². The Morgan fingerprint density at radius 1 is 1.45 bits per heavy atom. The fourth-order valence-electron chi connectivity index (χ4n) is 1.87. The molecule has 0 saturated heterocycles. The lowest BCUT2D eigenvalue weighted by atomic mass is 10.1. The highest BCUT2D eigenvalue weighted by molar-refractivity contribution is 5.84. The van der Waals surface area contributed by atoms with Crippen LogP contribution >= 0.6 is 0 Å². The summed E-state index contributed by atoms with van der Waals surface area (Å²) in [5.74, 6) is -1.92. The molecular weight excluding hydrogens is 291 g/mol. The van der Waals surface area contributed by atoms with Gasteiger partial charge in [-0.25, -0.2) is 13.9 Å². The Labute approximate surface area is 125 Å². The fourth-order valence-corrected chi connectivity index (χ4v) is 1.87. The van der Waals surface area contributed by atoms with Gasteiger partial charge >= 0.3 is 5.97 Å². The molecule has 0 spiro atoms. The Morgan fingerprint density at radius 3 is 2.77 bits per heavy atom. The van der Waals surface area contributed by atoms with Crippen molar-refractivity contribution >= 4 is 11.9 Å². The molecule has 1 heterocycles. The topological polar surface area (TPSA) is 97.1 Å². The SMILES string of the molecule is Cc1ccc(C(C)NC(=O)Cn2cc(C(=O)O)nn2)cc1F. The van der Waals surface area contributed by atoms with Crippen molar-refractivity contribution in [3.8, 4) is 0 Å². The predicted molar refractivity (Wildman–Crippen MR) is 74.7 cm³/mol. The molecule has 0 radical (unpaired) electrons. The van der Waals surface area contributed by atoms with Gasteiger partial charge in [0.25, 0.3) is 0 Å². The number of carboxylic acid groups (broad SMARTS) is 1. The van der Waals surface area contributed by atoms with E-state index in [2.05, 4.69) is 15.6 Å². The van der Waals surface area contributed by atoms with Crippen LogP contribution in [0, 0.1) is 12.7 Å². The lowest BCUT2D eigenvalue weighted by Crippen LogP contribution is -2.30. The number of carbonyl (C=O) groups is 2. The van der Waals surface area contributed by atoms with Crippen LogP contribution in [0.15, 0.2) is 24.4 Å². The number of carbonyl (C=O) groups excluding carboxylic acids is 1. The molecule has 1 aromatic carbocycles. The van der Waals surface area contributed by atoms with Gasteiger partial charge < -0.3 is 10.4 Å². The largest absolute Gasteiger partial charge is 0.476 e. The third-order valence-electron chi connectivity index (χ3n) is 3.14. The first-order chi connectivity index (χ1) is 10.4.